The molecule has 0 aliphatic heterocycles. The molecule has 0 heterocycles. The minimum Gasteiger partial charge on any atom is -0.357 e. The van der Waals surface area contributed by atoms with E-state index < -0.39 is 77.1 Å². The summed E-state index contributed by atoms with van der Waals surface area (Å²) in [5.41, 5.74) is 0. The maximum absolute atomic E-state index is 14.2. The summed E-state index contributed by atoms with van der Waals surface area (Å²) < 4.78 is 0. The Bertz CT molecular complexity index is 1430. The molecule has 6 atom stereocenters. The maximum atomic E-state index is 14.2. The van der Waals surface area contributed by atoms with E-state index >= 15 is 0 Å². The van der Waals surface area contributed by atoms with Crippen molar-refractivity contribution in [1.29, 1.82) is 0 Å². The number of imide groups is 1. The third-order valence-electron chi connectivity index (χ3n) is 9.96. The van der Waals surface area contributed by atoms with Crippen LogP contribution in [0.25, 0.3) is 0 Å². The minimum atomic E-state index is -1.19. The molecule has 0 aromatic heterocycles. The summed E-state index contributed by atoms with van der Waals surface area (Å²) >= 11 is 1.33. The number of rotatable bonds is 24. The molecule has 0 unspecified atom stereocenters. The highest BCUT2D eigenvalue weighted by Crippen LogP contribution is 2.23. The largest absolute Gasteiger partial charge is 0.357 e. The van der Waals surface area contributed by atoms with Gasteiger partial charge in [-0.05, 0) is 64.0 Å². The quantitative estimate of drug-likeness (QED) is 0.104. The van der Waals surface area contributed by atoms with Gasteiger partial charge in [0.05, 0.1) is 0 Å². The zero-order chi connectivity index (χ0) is 46.1. The molecule has 0 aromatic rings. The number of likely N-dealkylation sites (N-methyl/N-ethyl adjacent to an activating group) is 5. The van der Waals surface area contributed by atoms with Crippen LogP contribution in [-0.4, -0.2) is 169 Å². The van der Waals surface area contributed by atoms with E-state index in [2.05, 4.69) is 21.3 Å². The second-order valence-electron chi connectivity index (χ2n) is 17.1. The Balaban J connectivity index is 6.31. The van der Waals surface area contributed by atoms with Crippen LogP contribution in [-0.2, 0) is 33.6 Å². The molecular formula is C41H77N9O8S. The number of nitrogens with zero attached hydrogens (tertiary/aromatic N) is 5. The Labute approximate surface area is 358 Å². The molecule has 0 bridgehead atoms. The van der Waals surface area contributed by atoms with Crippen LogP contribution in [0.5, 0.6) is 0 Å². The highest BCUT2D eigenvalue weighted by Gasteiger charge is 2.40. The molecule has 0 fully saturated rings. The molecular weight excluding hydrogens is 779 g/mol. The van der Waals surface area contributed by atoms with Crippen molar-refractivity contribution in [1.82, 2.24) is 45.8 Å². The van der Waals surface area contributed by atoms with Gasteiger partial charge < -0.3 is 40.4 Å². The van der Waals surface area contributed by atoms with Crippen molar-refractivity contribution in [3.8, 4) is 0 Å². The zero-order valence-corrected chi connectivity index (χ0v) is 39.7. The molecule has 9 amide bonds. The van der Waals surface area contributed by atoms with Crippen LogP contribution in [0.4, 0.5) is 4.79 Å². The number of hydrogen-bond acceptors (Lipinski definition) is 10. The number of urea groups is 1. The number of thioether (sulfide) groups is 1. The van der Waals surface area contributed by atoms with Gasteiger partial charge in [-0.15, -0.1) is 11.8 Å². The van der Waals surface area contributed by atoms with Crippen molar-refractivity contribution in [2.24, 2.45) is 23.7 Å². The van der Waals surface area contributed by atoms with Crippen LogP contribution in [0.15, 0.2) is 0 Å². The van der Waals surface area contributed by atoms with Crippen LogP contribution in [0.3, 0.4) is 0 Å². The fourth-order valence-corrected chi connectivity index (χ4v) is 7.68. The van der Waals surface area contributed by atoms with Gasteiger partial charge in [0.1, 0.15) is 30.2 Å². The van der Waals surface area contributed by atoms with E-state index in [1.54, 1.807) is 34.7 Å². The van der Waals surface area contributed by atoms with Gasteiger partial charge in [0.25, 0.3) is 5.91 Å². The highest BCUT2D eigenvalue weighted by molar-refractivity contribution is 8.00. The smallest absolute Gasteiger partial charge is 0.324 e. The molecule has 59 heavy (non-hydrogen) atoms. The molecule has 4 N–H and O–H groups in total. The molecule has 0 radical (unpaired) electrons. The van der Waals surface area contributed by atoms with Gasteiger partial charge in [0.2, 0.25) is 35.4 Å². The average molecular weight is 856 g/mol. The molecule has 18 heteroatoms. The van der Waals surface area contributed by atoms with Crippen molar-refractivity contribution in [2.45, 2.75) is 131 Å². The lowest BCUT2D eigenvalue weighted by atomic mass is 9.96. The van der Waals surface area contributed by atoms with E-state index in [0.29, 0.717) is 25.1 Å². The molecule has 0 spiro atoms. The number of hydrogen-bond donors (Lipinski definition) is 4. The summed E-state index contributed by atoms with van der Waals surface area (Å²) in [5, 5.41) is 9.42. The van der Waals surface area contributed by atoms with Gasteiger partial charge in [-0.3, -0.25) is 38.9 Å². The lowest BCUT2D eigenvalue weighted by Crippen LogP contribution is -2.61. The van der Waals surface area contributed by atoms with E-state index in [-0.39, 0.29) is 42.4 Å². The predicted molar refractivity (Wildman–Crippen MR) is 233 cm³/mol. The van der Waals surface area contributed by atoms with E-state index in [0.717, 1.165) is 4.90 Å². The summed E-state index contributed by atoms with van der Waals surface area (Å²) in [6.45, 7) is 18.6. The van der Waals surface area contributed by atoms with Crippen LogP contribution in [0.1, 0.15) is 94.9 Å². The van der Waals surface area contributed by atoms with E-state index in [1.165, 1.54) is 61.6 Å². The first-order valence-corrected chi connectivity index (χ1v) is 21.7. The van der Waals surface area contributed by atoms with Gasteiger partial charge in [0, 0.05) is 54.0 Å². The molecule has 0 rings (SSSR count). The first kappa shape index (κ1) is 55.1. The Morgan fingerprint density at radius 2 is 1.12 bits per heavy atom. The van der Waals surface area contributed by atoms with E-state index in [4.69, 9.17) is 0 Å². The van der Waals surface area contributed by atoms with Crippen LogP contribution >= 0.6 is 11.8 Å². The normalized spacial score (nSPS) is 14.5. The first-order valence-electron chi connectivity index (χ1n) is 20.7. The van der Waals surface area contributed by atoms with Crippen molar-refractivity contribution < 1.29 is 38.4 Å². The Morgan fingerprint density at radius 1 is 0.593 bits per heavy atom. The second kappa shape index (κ2) is 26.3. The lowest BCUT2D eigenvalue weighted by molar-refractivity contribution is -0.147. The predicted octanol–water partition coefficient (Wildman–Crippen LogP) is 2.20. The number of amides is 9. The fraction of sp³-hybridized carbons (Fsp3) is 0.805. The Hall–Kier alpha value is -3.93. The van der Waals surface area contributed by atoms with Crippen LogP contribution in [0, 0.1) is 23.7 Å². The Morgan fingerprint density at radius 3 is 1.56 bits per heavy atom. The monoisotopic (exact) mass is 856 g/mol. The minimum absolute atomic E-state index is 0.0640. The topological polar surface area (TPSA) is 201 Å². The van der Waals surface area contributed by atoms with E-state index in [9.17, 15) is 38.4 Å². The molecule has 17 nitrogen and oxygen atoms in total. The number of carbonyl (C=O) groups is 8. The standard InChI is InChI=1S/C41H77N9O8S/c1-18-19-31(51)49(16)40(59-21-20-46(12)13)39(57)50(17)33(27(8)9)37(55)44-32(26(6)7)38(56)47(14)30(23-25(4)5)36(54)43-28(10)34(52)45-41(58)48(15)29(22-24(2)3)35(53)42-11/h24-30,32-33,40H,18-23H2,1-17H3,(H,42,53)(H,43,54)(H,44,55)(H,45,52,58)/t28-,29-,30-,32-,33-,40+/m0/s1. The molecule has 0 aliphatic carbocycles. The van der Waals surface area contributed by atoms with Gasteiger partial charge in [-0.25, -0.2) is 4.79 Å². The lowest BCUT2D eigenvalue weighted by Gasteiger charge is -2.37. The van der Waals surface area contributed by atoms with Crippen molar-refractivity contribution >= 4 is 59.1 Å². The van der Waals surface area contributed by atoms with Gasteiger partial charge in [-0.1, -0.05) is 62.3 Å². The van der Waals surface area contributed by atoms with Crippen molar-refractivity contribution in [2.75, 3.05) is 61.6 Å². The van der Waals surface area contributed by atoms with Gasteiger partial charge in [-0.2, -0.15) is 0 Å². The maximum Gasteiger partial charge on any atom is 0.324 e. The van der Waals surface area contributed by atoms with Crippen LogP contribution in [0.2, 0.25) is 0 Å². The summed E-state index contributed by atoms with van der Waals surface area (Å²) in [6.07, 6.45) is 1.47. The molecule has 0 aliphatic rings. The van der Waals surface area contributed by atoms with Crippen molar-refractivity contribution in [3.05, 3.63) is 0 Å². The fourth-order valence-electron chi connectivity index (χ4n) is 6.34. The van der Waals surface area contributed by atoms with Crippen molar-refractivity contribution in [3.63, 3.8) is 0 Å². The number of carbonyl (C=O) groups excluding carboxylic acids is 8. The summed E-state index contributed by atoms with van der Waals surface area (Å²) in [4.78, 5) is 115. The van der Waals surface area contributed by atoms with Gasteiger partial charge in [0.15, 0.2) is 5.37 Å². The molecule has 0 saturated heterocycles. The SMILES string of the molecule is CCCC(=O)N(C)[C@H](SCCN(C)C)C(=O)N(C)[C@H](C(=O)N[C@H](C(=O)N(C)[C@@H](CC(C)C)C(=O)N[C@@H](C)C(=O)NC(=O)N(C)[C@@H](CC(C)C)C(=O)NC)C(C)C)C(C)C. The molecule has 0 aromatic carbocycles. The van der Waals surface area contributed by atoms with Crippen LogP contribution < -0.4 is 21.3 Å². The third-order valence-corrected chi connectivity index (χ3v) is 11.2. The second-order valence-corrected chi connectivity index (χ2v) is 18.3. The molecule has 0 saturated carbocycles. The van der Waals surface area contributed by atoms with E-state index in [1.807, 2.05) is 53.6 Å². The summed E-state index contributed by atoms with van der Waals surface area (Å²) in [5.74, 6) is -3.76. The molecule has 340 valence electrons. The third kappa shape index (κ3) is 17.7. The summed E-state index contributed by atoms with van der Waals surface area (Å²) in [6, 6.07) is -5.97. The zero-order valence-electron chi connectivity index (χ0n) is 38.9. The summed E-state index contributed by atoms with van der Waals surface area (Å²) in [7, 11) is 11.3. The highest BCUT2D eigenvalue weighted by atomic mass is 32.2. The van der Waals surface area contributed by atoms with Gasteiger partial charge >= 0.3 is 6.03 Å². The first-order chi connectivity index (χ1) is 27.2. The average Bonchev–Trinajstić information content (AvgIpc) is 3.14. The Kier molecular flexibility index (Phi) is 24.6. The number of nitrogens with one attached hydrogen (secondary N) is 4.